The minimum Gasteiger partial charge on any atom is -0.0846 e. The first-order valence-corrected chi connectivity index (χ1v) is 5.52. The van der Waals surface area contributed by atoms with Crippen LogP contribution in [0.5, 0.6) is 0 Å². The largest absolute Gasteiger partial charge is 0.0846 e. The highest BCUT2D eigenvalue weighted by atomic mass is 32.1. The lowest BCUT2D eigenvalue weighted by molar-refractivity contribution is 1.29. The van der Waals surface area contributed by atoms with Crippen molar-refractivity contribution in [1.29, 1.82) is 0 Å². The van der Waals surface area contributed by atoms with Crippen LogP contribution in [0.1, 0.15) is 43.0 Å². The maximum Gasteiger partial charge on any atom is 0.0196 e. The van der Waals surface area contributed by atoms with Gasteiger partial charge in [-0.05, 0) is 49.9 Å². The van der Waals surface area contributed by atoms with E-state index in [-0.39, 0.29) is 0 Å². The summed E-state index contributed by atoms with van der Waals surface area (Å²) >= 11 is 5.15. The predicted molar refractivity (Wildman–Crippen MR) is 69.4 cm³/mol. The minimum absolute atomic E-state index is 0.982. The van der Waals surface area contributed by atoms with Gasteiger partial charge in [-0.3, -0.25) is 0 Å². The van der Waals surface area contributed by atoms with Crippen molar-refractivity contribution in [2.75, 3.05) is 0 Å². The summed E-state index contributed by atoms with van der Waals surface area (Å²) in [5.41, 5.74) is 5.16. The molecule has 0 nitrogen and oxygen atoms in total. The molecule has 0 N–H and O–H groups in total. The summed E-state index contributed by atoms with van der Waals surface area (Å²) in [6, 6.07) is 4.37. The molecule has 0 spiro atoms. The van der Waals surface area contributed by atoms with Gasteiger partial charge in [0.2, 0.25) is 0 Å². The molecule has 1 heteroatoms. The molecule has 14 heavy (non-hydrogen) atoms. The topological polar surface area (TPSA) is 0 Å². The summed E-state index contributed by atoms with van der Waals surface area (Å²) in [6.45, 7) is 12.3. The molecule has 1 aromatic rings. The summed E-state index contributed by atoms with van der Waals surface area (Å²) < 4.78 is 0. The quantitative estimate of drug-likeness (QED) is 0.487. The smallest absolute Gasteiger partial charge is 0.0196 e. The van der Waals surface area contributed by atoms with Crippen LogP contribution in [0.15, 0.2) is 12.1 Å². The van der Waals surface area contributed by atoms with Gasteiger partial charge in [0.1, 0.15) is 0 Å². The van der Waals surface area contributed by atoms with Gasteiger partial charge in [-0.1, -0.05) is 38.2 Å². The average Bonchev–Trinajstić information content (AvgIpc) is 2.14. The fourth-order valence-electron chi connectivity index (χ4n) is 1.34. The second-order valence-electron chi connectivity index (χ2n) is 3.31. The van der Waals surface area contributed by atoms with Gasteiger partial charge in [-0.25, -0.2) is 0 Å². The SMILES string of the molecule is CC.CC(=S)c1cc(C)c(C)cc1C. The summed E-state index contributed by atoms with van der Waals surface area (Å²) in [5, 5.41) is 0. The molecule has 1 aromatic carbocycles. The summed E-state index contributed by atoms with van der Waals surface area (Å²) in [6.07, 6.45) is 0. The van der Waals surface area contributed by atoms with Crippen molar-refractivity contribution in [1.82, 2.24) is 0 Å². The highest BCUT2D eigenvalue weighted by Crippen LogP contribution is 2.15. The van der Waals surface area contributed by atoms with Gasteiger partial charge in [-0.15, -0.1) is 0 Å². The number of benzene rings is 1. The third kappa shape index (κ3) is 3.22. The Balaban J connectivity index is 0.000000791. The lowest BCUT2D eigenvalue weighted by atomic mass is 9.99. The van der Waals surface area contributed by atoms with Gasteiger partial charge in [0.15, 0.2) is 0 Å². The Morgan fingerprint density at radius 3 is 1.79 bits per heavy atom. The predicted octanol–water partition coefficient (Wildman–Crippen LogP) is 4.38. The number of aryl methyl sites for hydroxylation is 3. The van der Waals surface area contributed by atoms with Crippen LogP contribution < -0.4 is 0 Å². The Kier molecular flexibility index (Phi) is 5.63. The van der Waals surface area contributed by atoms with E-state index in [0.29, 0.717) is 0 Å². The van der Waals surface area contributed by atoms with Crippen LogP contribution >= 0.6 is 12.2 Å². The Hall–Kier alpha value is -0.690. The fourth-order valence-corrected chi connectivity index (χ4v) is 1.56. The first-order valence-electron chi connectivity index (χ1n) is 5.11. The van der Waals surface area contributed by atoms with Crippen LogP contribution in [0.3, 0.4) is 0 Å². The van der Waals surface area contributed by atoms with Crippen LogP contribution in [0.2, 0.25) is 0 Å². The van der Waals surface area contributed by atoms with Gasteiger partial charge in [0.05, 0.1) is 0 Å². The molecule has 0 radical (unpaired) electrons. The fraction of sp³-hybridized carbons (Fsp3) is 0.462. The maximum absolute atomic E-state index is 5.15. The number of hydrogen-bond acceptors (Lipinski definition) is 1. The van der Waals surface area contributed by atoms with Gasteiger partial charge in [0.25, 0.3) is 0 Å². The number of hydrogen-bond donors (Lipinski definition) is 0. The molecule has 0 bridgehead atoms. The molecule has 0 aliphatic rings. The summed E-state index contributed by atoms with van der Waals surface area (Å²) in [7, 11) is 0. The van der Waals surface area contributed by atoms with E-state index in [1.54, 1.807) is 0 Å². The third-order valence-electron chi connectivity index (χ3n) is 2.22. The zero-order chi connectivity index (χ0) is 11.3. The van der Waals surface area contributed by atoms with E-state index in [1.807, 2.05) is 20.8 Å². The van der Waals surface area contributed by atoms with E-state index in [1.165, 1.54) is 22.3 Å². The molecule has 0 fully saturated rings. The van der Waals surface area contributed by atoms with E-state index < -0.39 is 0 Å². The van der Waals surface area contributed by atoms with Crippen LogP contribution in [0.25, 0.3) is 0 Å². The highest BCUT2D eigenvalue weighted by Gasteiger charge is 2.02. The van der Waals surface area contributed by atoms with Crippen molar-refractivity contribution in [2.24, 2.45) is 0 Å². The molecule has 0 atom stereocenters. The first kappa shape index (κ1) is 13.3. The van der Waals surface area contributed by atoms with Crippen LogP contribution in [0.4, 0.5) is 0 Å². The monoisotopic (exact) mass is 208 g/mol. The Morgan fingerprint density at radius 2 is 1.36 bits per heavy atom. The summed E-state index contributed by atoms with van der Waals surface area (Å²) in [4.78, 5) is 0.982. The van der Waals surface area contributed by atoms with Crippen molar-refractivity contribution in [3.8, 4) is 0 Å². The van der Waals surface area contributed by atoms with Gasteiger partial charge in [-0.2, -0.15) is 0 Å². The van der Waals surface area contributed by atoms with Crippen LogP contribution in [-0.2, 0) is 0 Å². The van der Waals surface area contributed by atoms with Crippen molar-refractivity contribution in [3.63, 3.8) is 0 Å². The minimum atomic E-state index is 0.982. The lowest BCUT2D eigenvalue weighted by Crippen LogP contribution is -1.96. The van der Waals surface area contributed by atoms with Crippen molar-refractivity contribution < 1.29 is 0 Å². The van der Waals surface area contributed by atoms with E-state index in [2.05, 4.69) is 32.9 Å². The number of thiocarbonyl (C=S) groups is 1. The zero-order valence-corrected chi connectivity index (χ0v) is 10.9. The number of rotatable bonds is 1. The molecule has 0 heterocycles. The second kappa shape index (κ2) is 5.92. The maximum atomic E-state index is 5.15. The van der Waals surface area contributed by atoms with Crippen molar-refractivity contribution >= 4 is 17.1 Å². The average molecular weight is 208 g/mol. The first-order chi connectivity index (χ1) is 6.52. The molecule has 0 aromatic heterocycles. The lowest BCUT2D eigenvalue weighted by Gasteiger charge is -2.07. The molecule has 0 aliphatic carbocycles. The van der Waals surface area contributed by atoms with E-state index in [0.717, 1.165) is 4.86 Å². The van der Waals surface area contributed by atoms with Crippen LogP contribution in [0, 0.1) is 20.8 Å². The van der Waals surface area contributed by atoms with Gasteiger partial charge in [0, 0.05) is 4.86 Å². The van der Waals surface area contributed by atoms with E-state index in [9.17, 15) is 0 Å². The molecule has 78 valence electrons. The molecule has 0 amide bonds. The molecule has 0 saturated carbocycles. The Bertz CT molecular complexity index is 324. The Labute approximate surface area is 93.4 Å². The van der Waals surface area contributed by atoms with Crippen molar-refractivity contribution in [3.05, 3.63) is 34.4 Å². The molecule has 0 aliphatic heterocycles. The molecular formula is C13H20S. The molecule has 0 unspecified atom stereocenters. The van der Waals surface area contributed by atoms with E-state index in [4.69, 9.17) is 12.2 Å². The Morgan fingerprint density at radius 1 is 0.929 bits per heavy atom. The normalized spacial score (nSPS) is 9.00. The highest BCUT2D eigenvalue weighted by molar-refractivity contribution is 7.80. The third-order valence-corrected chi connectivity index (χ3v) is 2.44. The second-order valence-corrected chi connectivity index (χ2v) is 3.92. The zero-order valence-electron chi connectivity index (χ0n) is 10.1. The standard InChI is InChI=1S/C11H14S.C2H6/c1-7-5-9(3)11(10(4)12)6-8(7)2;1-2/h5-6H,1-4H3;1-2H3. The molecule has 1 rings (SSSR count). The summed E-state index contributed by atoms with van der Waals surface area (Å²) in [5.74, 6) is 0. The molecular weight excluding hydrogens is 188 g/mol. The van der Waals surface area contributed by atoms with Gasteiger partial charge < -0.3 is 0 Å². The van der Waals surface area contributed by atoms with Crippen molar-refractivity contribution in [2.45, 2.75) is 41.5 Å². The molecule has 0 saturated heterocycles. The van der Waals surface area contributed by atoms with Crippen LogP contribution in [-0.4, -0.2) is 4.86 Å². The van der Waals surface area contributed by atoms with E-state index >= 15 is 0 Å². The van der Waals surface area contributed by atoms with Gasteiger partial charge >= 0.3 is 0 Å².